The van der Waals surface area contributed by atoms with Gasteiger partial charge < -0.3 is 10.8 Å². The minimum absolute atomic E-state index is 0.0425. The molecule has 0 amide bonds. The highest BCUT2D eigenvalue weighted by Gasteiger charge is 1.96. The predicted molar refractivity (Wildman–Crippen MR) is 44.5 cm³/mol. The van der Waals surface area contributed by atoms with Crippen molar-refractivity contribution in [1.29, 1.82) is 0 Å². The van der Waals surface area contributed by atoms with E-state index in [1.54, 1.807) is 18.2 Å². The summed E-state index contributed by atoms with van der Waals surface area (Å²) in [5, 5.41) is 8.74. The van der Waals surface area contributed by atoms with E-state index in [-0.39, 0.29) is 6.61 Å². The molecular formula is C7H8BrNO. The SMILES string of the molecule is Nc1ccc(CO)c(Br)c1. The zero-order valence-electron chi connectivity index (χ0n) is 5.34. The first-order valence-electron chi connectivity index (χ1n) is 2.89. The Labute approximate surface area is 67.8 Å². The lowest BCUT2D eigenvalue weighted by molar-refractivity contribution is 0.281. The normalized spacial score (nSPS) is 9.80. The van der Waals surface area contributed by atoms with E-state index in [2.05, 4.69) is 15.9 Å². The molecular weight excluding hydrogens is 194 g/mol. The summed E-state index contributed by atoms with van der Waals surface area (Å²) in [6, 6.07) is 5.32. The minimum Gasteiger partial charge on any atom is -0.399 e. The number of halogens is 1. The summed E-state index contributed by atoms with van der Waals surface area (Å²) in [4.78, 5) is 0. The summed E-state index contributed by atoms with van der Waals surface area (Å²) in [7, 11) is 0. The maximum Gasteiger partial charge on any atom is 0.0692 e. The Morgan fingerprint density at radius 2 is 2.20 bits per heavy atom. The lowest BCUT2D eigenvalue weighted by Crippen LogP contribution is -1.88. The van der Waals surface area contributed by atoms with Crippen LogP contribution in [-0.2, 0) is 6.61 Å². The van der Waals surface area contributed by atoms with Crippen molar-refractivity contribution in [3.8, 4) is 0 Å². The molecule has 0 radical (unpaired) electrons. The number of rotatable bonds is 1. The van der Waals surface area contributed by atoms with Crippen molar-refractivity contribution in [3.63, 3.8) is 0 Å². The van der Waals surface area contributed by atoms with Crippen molar-refractivity contribution < 1.29 is 5.11 Å². The van der Waals surface area contributed by atoms with Gasteiger partial charge in [-0.15, -0.1) is 0 Å². The minimum atomic E-state index is 0.0425. The second-order valence-electron chi connectivity index (χ2n) is 2.01. The molecule has 0 bridgehead atoms. The highest BCUT2D eigenvalue weighted by atomic mass is 79.9. The number of nitrogens with two attached hydrogens (primary N) is 1. The second kappa shape index (κ2) is 3.03. The zero-order chi connectivity index (χ0) is 7.56. The fourth-order valence-electron chi connectivity index (χ4n) is 0.692. The lowest BCUT2D eigenvalue weighted by Gasteiger charge is -1.99. The van der Waals surface area contributed by atoms with Crippen LogP contribution in [0.25, 0.3) is 0 Å². The summed E-state index contributed by atoms with van der Waals surface area (Å²) in [5.74, 6) is 0. The van der Waals surface area contributed by atoms with Gasteiger partial charge in [0.2, 0.25) is 0 Å². The Morgan fingerprint density at radius 3 is 2.70 bits per heavy atom. The van der Waals surface area contributed by atoms with Crippen molar-refractivity contribution in [2.24, 2.45) is 0 Å². The average molecular weight is 202 g/mol. The van der Waals surface area contributed by atoms with Crippen LogP contribution in [0.2, 0.25) is 0 Å². The maximum absolute atomic E-state index is 8.74. The van der Waals surface area contributed by atoms with Crippen LogP contribution >= 0.6 is 15.9 Å². The van der Waals surface area contributed by atoms with Gasteiger partial charge in [0.1, 0.15) is 0 Å². The zero-order valence-corrected chi connectivity index (χ0v) is 6.93. The number of nitrogen functional groups attached to an aromatic ring is 1. The third-order valence-corrected chi connectivity index (χ3v) is 1.99. The largest absolute Gasteiger partial charge is 0.399 e. The van der Waals surface area contributed by atoms with Crippen LogP contribution in [0.1, 0.15) is 5.56 Å². The molecule has 0 aliphatic carbocycles. The van der Waals surface area contributed by atoms with E-state index in [0.717, 1.165) is 10.0 Å². The van der Waals surface area contributed by atoms with Crippen molar-refractivity contribution >= 4 is 21.6 Å². The van der Waals surface area contributed by atoms with Crippen LogP contribution in [0.4, 0.5) is 5.69 Å². The molecule has 0 saturated heterocycles. The van der Waals surface area contributed by atoms with Gasteiger partial charge >= 0.3 is 0 Å². The van der Waals surface area contributed by atoms with Crippen LogP contribution in [0.3, 0.4) is 0 Å². The number of hydrogen-bond acceptors (Lipinski definition) is 2. The van der Waals surface area contributed by atoms with Crippen LogP contribution in [0, 0.1) is 0 Å². The molecule has 1 rings (SSSR count). The first-order chi connectivity index (χ1) is 4.74. The Kier molecular flexibility index (Phi) is 2.29. The summed E-state index contributed by atoms with van der Waals surface area (Å²) >= 11 is 3.27. The molecule has 54 valence electrons. The first kappa shape index (κ1) is 7.57. The number of anilines is 1. The van der Waals surface area contributed by atoms with Gasteiger partial charge in [0, 0.05) is 10.2 Å². The molecule has 0 heterocycles. The Hall–Kier alpha value is -0.540. The number of benzene rings is 1. The van der Waals surface area contributed by atoms with Crippen LogP contribution in [0.15, 0.2) is 22.7 Å². The predicted octanol–water partition coefficient (Wildman–Crippen LogP) is 1.52. The van der Waals surface area contributed by atoms with Gasteiger partial charge in [-0.2, -0.15) is 0 Å². The van der Waals surface area contributed by atoms with E-state index in [1.165, 1.54) is 0 Å². The molecule has 3 N–H and O–H groups in total. The molecule has 0 aliphatic rings. The van der Waals surface area contributed by atoms with Crippen molar-refractivity contribution in [2.75, 3.05) is 5.73 Å². The van der Waals surface area contributed by atoms with Crippen molar-refractivity contribution in [3.05, 3.63) is 28.2 Å². The smallest absolute Gasteiger partial charge is 0.0692 e. The van der Waals surface area contributed by atoms with Crippen LogP contribution in [0.5, 0.6) is 0 Å². The molecule has 0 aliphatic heterocycles. The van der Waals surface area contributed by atoms with Crippen LogP contribution < -0.4 is 5.73 Å². The monoisotopic (exact) mass is 201 g/mol. The highest BCUT2D eigenvalue weighted by molar-refractivity contribution is 9.10. The third-order valence-electron chi connectivity index (χ3n) is 1.25. The summed E-state index contributed by atoms with van der Waals surface area (Å²) in [6.07, 6.45) is 0. The third kappa shape index (κ3) is 1.49. The lowest BCUT2D eigenvalue weighted by atomic mass is 10.2. The number of hydrogen-bond donors (Lipinski definition) is 2. The number of aliphatic hydroxyl groups is 1. The van der Waals surface area contributed by atoms with Crippen molar-refractivity contribution in [1.82, 2.24) is 0 Å². The molecule has 0 fully saturated rings. The van der Waals surface area contributed by atoms with Gasteiger partial charge in [-0.25, -0.2) is 0 Å². The van der Waals surface area contributed by atoms with Crippen molar-refractivity contribution in [2.45, 2.75) is 6.61 Å². The quantitative estimate of drug-likeness (QED) is 0.678. The molecule has 10 heavy (non-hydrogen) atoms. The second-order valence-corrected chi connectivity index (χ2v) is 2.86. The van der Waals surface area contributed by atoms with E-state index in [9.17, 15) is 0 Å². The van der Waals surface area contributed by atoms with Gasteiger partial charge in [-0.3, -0.25) is 0 Å². The van der Waals surface area contributed by atoms with Gasteiger partial charge in [-0.05, 0) is 17.7 Å². The van der Waals surface area contributed by atoms with Gasteiger partial charge in [0.25, 0.3) is 0 Å². The maximum atomic E-state index is 8.74. The van der Waals surface area contributed by atoms with Gasteiger partial charge in [0.05, 0.1) is 6.61 Å². The molecule has 0 saturated carbocycles. The standard InChI is InChI=1S/C7H8BrNO/c8-7-3-6(9)2-1-5(7)4-10/h1-3,10H,4,9H2. The topological polar surface area (TPSA) is 46.2 Å². The Morgan fingerprint density at radius 1 is 1.50 bits per heavy atom. The van der Waals surface area contributed by atoms with Gasteiger partial charge in [-0.1, -0.05) is 22.0 Å². The summed E-state index contributed by atoms with van der Waals surface area (Å²) in [5.41, 5.74) is 7.02. The molecule has 2 nitrogen and oxygen atoms in total. The fourth-order valence-corrected chi connectivity index (χ4v) is 1.21. The Balaban J connectivity index is 3.07. The van der Waals surface area contributed by atoms with Gasteiger partial charge in [0.15, 0.2) is 0 Å². The van der Waals surface area contributed by atoms with E-state index in [1.807, 2.05) is 0 Å². The molecule has 1 aromatic carbocycles. The number of aliphatic hydroxyl groups excluding tert-OH is 1. The highest BCUT2D eigenvalue weighted by Crippen LogP contribution is 2.19. The molecule has 0 atom stereocenters. The van der Waals surface area contributed by atoms with E-state index < -0.39 is 0 Å². The summed E-state index contributed by atoms with van der Waals surface area (Å²) in [6.45, 7) is 0.0425. The van der Waals surface area contributed by atoms with E-state index >= 15 is 0 Å². The average Bonchev–Trinajstić information content (AvgIpc) is 1.88. The Bertz CT molecular complexity index is 237. The molecule has 1 aromatic rings. The first-order valence-corrected chi connectivity index (χ1v) is 3.68. The molecule has 3 heteroatoms. The van der Waals surface area contributed by atoms with E-state index in [4.69, 9.17) is 10.8 Å². The van der Waals surface area contributed by atoms with E-state index in [0.29, 0.717) is 5.69 Å². The fraction of sp³-hybridized carbons (Fsp3) is 0.143. The molecule has 0 aromatic heterocycles. The molecule has 0 unspecified atom stereocenters. The summed E-state index contributed by atoms with van der Waals surface area (Å²) < 4.78 is 0.856. The molecule has 0 spiro atoms. The van der Waals surface area contributed by atoms with Crippen LogP contribution in [-0.4, -0.2) is 5.11 Å².